The van der Waals surface area contributed by atoms with Gasteiger partial charge in [-0.25, -0.2) is 0 Å². The fraction of sp³-hybridized carbons (Fsp3) is 0.211. The maximum Gasteiger partial charge on any atom is 0.221 e. The zero-order valence-corrected chi connectivity index (χ0v) is 15.2. The van der Waals surface area contributed by atoms with Crippen molar-refractivity contribution in [1.82, 2.24) is 5.32 Å². The molecule has 3 aromatic rings. The summed E-state index contributed by atoms with van der Waals surface area (Å²) in [5.41, 5.74) is 0. The molecule has 0 saturated carbocycles. The zero-order valence-electron chi connectivity index (χ0n) is 13.6. The smallest absolute Gasteiger partial charge is 0.221 e. The Morgan fingerprint density at radius 2 is 2.00 bits per heavy atom. The number of aliphatic hydroxyl groups excluding tert-OH is 1. The topological polar surface area (TPSA) is 62.5 Å². The number of hydrogen-bond acceptors (Lipinski definition) is 5. The predicted octanol–water partition coefficient (Wildman–Crippen LogP) is 4.22. The number of hydrogen-bond donors (Lipinski definition) is 2. The number of nitrogens with one attached hydrogen (secondary N) is 1. The summed E-state index contributed by atoms with van der Waals surface area (Å²) in [4.78, 5) is 14.9. The van der Waals surface area contributed by atoms with E-state index in [0.29, 0.717) is 18.7 Å². The highest BCUT2D eigenvalue weighted by Gasteiger charge is 2.15. The molecule has 130 valence electrons. The van der Waals surface area contributed by atoms with Gasteiger partial charge in [0.25, 0.3) is 0 Å². The predicted molar refractivity (Wildman–Crippen MR) is 101 cm³/mol. The minimum Gasteiger partial charge on any atom is -0.466 e. The Morgan fingerprint density at radius 1 is 1.16 bits per heavy atom. The molecule has 2 heterocycles. The Balaban J connectivity index is 1.42. The second-order valence-corrected chi connectivity index (χ2v) is 7.78. The molecule has 1 aromatic carbocycles. The van der Waals surface area contributed by atoms with E-state index >= 15 is 0 Å². The molecule has 0 radical (unpaired) electrons. The van der Waals surface area contributed by atoms with Gasteiger partial charge in [-0.15, -0.1) is 23.1 Å². The van der Waals surface area contributed by atoms with E-state index in [4.69, 9.17) is 4.42 Å². The summed E-state index contributed by atoms with van der Waals surface area (Å²) in [6.07, 6.45) is 1.26. The van der Waals surface area contributed by atoms with E-state index in [1.165, 1.54) is 16.2 Å². The fourth-order valence-corrected chi connectivity index (χ4v) is 4.10. The fourth-order valence-electron chi connectivity index (χ4n) is 2.28. The molecule has 1 unspecified atom stereocenters. The van der Waals surface area contributed by atoms with Crippen LogP contribution in [0.4, 0.5) is 0 Å². The summed E-state index contributed by atoms with van der Waals surface area (Å²) < 4.78 is 5.22. The van der Waals surface area contributed by atoms with Gasteiger partial charge in [0.2, 0.25) is 5.91 Å². The Bertz CT molecular complexity index is 784. The normalized spacial score (nSPS) is 12.0. The quantitative estimate of drug-likeness (QED) is 0.580. The average molecular weight is 373 g/mol. The highest BCUT2D eigenvalue weighted by molar-refractivity contribution is 7.99. The van der Waals surface area contributed by atoms with Crippen LogP contribution in [0.5, 0.6) is 0 Å². The molecule has 0 aliphatic heterocycles. The van der Waals surface area contributed by atoms with Crippen LogP contribution in [-0.2, 0) is 11.3 Å². The molecule has 6 heteroatoms. The Hall–Kier alpha value is -2.02. The molecule has 2 aromatic heterocycles. The number of amides is 1. The maximum atomic E-state index is 11.9. The third-order valence-corrected chi connectivity index (χ3v) is 5.72. The van der Waals surface area contributed by atoms with Crippen LogP contribution in [0.25, 0.3) is 0 Å². The lowest BCUT2D eigenvalue weighted by molar-refractivity contribution is -0.120. The third-order valence-electron chi connectivity index (χ3n) is 3.57. The molecule has 4 nitrogen and oxygen atoms in total. The first-order valence-corrected chi connectivity index (χ1v) is 9.77. The maximum absolute atomic E-state index is 11.9. The van der Waals surface area contributed by atoms with Gasteiger partial charge in [0.1, 0.15) is 11.9 Å². The van der Waals surface area contributed by atoms with Crippen molar-refractivity contribution in [2.24, 2.45) is 0 Å². The third kappa shape index (κ3) is 5.22. The molecular weight excluding hydrogens is 354 g/mol. The van der Waals surface area contributed by atoms with E-state index in [2.05, 4.69) is 5.32 Å². The molecule has 0 aliphatic rings. The number of thioether (sulfide) groups is 1. The molecule has 3 rings (SSSR count). The van der Waals surface area contributed by atoms with Crippen LogP contribution in [-0.4, -0.2) is 16.8 Å². The lowest BCUT2D eigenvalue weighted by Gasteiger charge is -2.05. The number of benzene rings is 1. The van der Waals surface area contributed by atoms with Crippen LogP contribution in [0.1, 0.15) is 28.0 Å². The number of aliphatic hydroxyl groups is 1. The number of carbonyl (C=O) groups is 1. The zero-order chi connectivity index (χ0) is 17.5. The van der Waals surface area contributed by atoms with E-state index in [1.807, 2.05) is 42.5 Å². The highest BCUT2D eigenvalue weighted by atomic mass is 32.2. The highest BCUT2D eigenvalue weighted by Crippen LogP contribution is 2.28. The van der Waals surface area contributed by atoms with E-state index in [0.717, 1.165) is 15.5 Å². The first kappa shape index (κ1) is 17.8. The number of thiophene rings is 1. The molecule has 2 N–H and O–H groups in total. The van der Waals surface area contributed by atoms with Crippen molar-refractivity contribution in [3.8, 4) is 0 Å². The van der Waals surface area contributed by atoms with Crippen LogP contribution in [0.15, 0.2) is 70.2 Å². The van der Waals surface area contributed by atoms with Gasteiger partial charge in [-0.2, -0.15) is 0 Å². The van der Waals surface area contributed by atoms with E-state index in [-0.39, 0.29) is 5.91 Å². The first-order chi connectivity index (χ1) is 12.2. The van der Waals surface area contributed by atoms with Crippen molar-refractivity contribution in [2.75, 3.05) is 5.75 Å². The van der Waals surface area contributed by atoms with Crippen molar-refractivity contribution < 1.29 is 14.3 Å². The van der Waals surface area contributed by atoms with E-state index in [9.17, 15) is 9.90 Å². The van der Waals surface area contributed by atoms with Gasteiger partial charge >= 0.3 is 0 Å². The Kier molecular flexibility index (Phi) is 6.33. The van der Waals surface area contributed by atoms with Crippen LogP contribution in [0.2, 0.25) is 0 Å². The Morgan fingerprint density at radius 3 is 2.76 bits per heavy atom. The molecule has 1 atom stereocenters. The van der Waals surface area contributed by atoms with Crippen LogP contribution in [0.3, 0.4) is 0 Å². The van der Waals surface area contributed by atoms with Crippen LogP contribution in [0, 0.1) is 0 Å². The Labute approximate surface area is 154 Å². The molecular formula is C19H19NO3S2. The molecule has 25 heavy (non-hydrogen) atoms. The second-order valence-electron chi connectivity index (χ2n) is 5.41. The molecule has 0 spiro atoms. The van der Waals surface area contributed by atoms with Crippen molar-refractivity contribution in [1.29, 1.82) is 0 Å². The van der Waals surface area contributed by atoms with Crippen molar-refractivity contribution in [3.05, 3.63) is 76.4 Å². The van der Waals surface area contributed by atoms with Gasteiger partial charge in [-0.3, -0.25) is 4.79 Å². The summed E-state index contributed by atoms with van der Waals surface area (Å²) in [6, 6.07) is 17.3. The summed E-state index contributed by atoms with van der Waals surface area (Å²) in [6.45, 7) is 0.477. The molecule has 0 aliphatic carbocycles. The minimum atomic E-state index is -0.758. The van der Waals surface area contributed by atoms with Gasteiger partial charge in [0, 0.05) is 26.8 Å². The van der Waals surface area contributed by atoms with Gasteiger partial charge in [-0.05, 0) is 36.4 Å². The van der Waals surface area contributed by atoms with E-state index in [1.54, 1.807) is 30.2 Å². The van der Waals surface area contributed by atoms with Gasteiger partial charge in [0.05, 0.1) is 12.8 Å². The van der Waals surface area contributed by atoms with Crippen molar-refractivity contribution in [3.63, 3.8) is 0 Å². The van der Waals surface area contributed by atoms with Gasteiger partial charge in [0.15, 0.2) is 0 Å². The second kappa shape index (κ2) is 8.89. The minimum absolute atomic E-state index is 0.0324. The number of carbonyl (C=O) groups excluding carboxylic acids is 1. The summed E-state index contributed by atoms with van der Waals surface area (Å²) in [7, 11) is 0. The monoisotopic (exact) mass is 373 g/mol. The lowest BCUT2D eigenvalue weighted by atomic mass is 10.2. The van der Waals surface area contributed by atoms with Gasteiger partial charge < -0.3 is 14.8 Å². The summed E-state index contributed by atoms with van der Waals surface area (Å²) >= 11 is 3.15. The molecule has 0 fully saturated rings. The van der Waals surface area contributed by atoms with Crippen molar-refractivity contribution in [2.45, 2.75) is 24.0 Å². The largest absolute Gasteiger partial charge is 0.466 e. The summed E-state index contributed by atoms with van der Waals surface area (Å²) in [5, 5.41) is 13.1. The number of furan rings is 1. The summed E-state index contributed by atoms with van der Waals surface area (Å²) in [5.74, 6) is 1.31. The first-order valence-electron chi connectivity index (χ1n) is 7.97. The molecule has 0 saturated heterocycles. The average Bonchev–Trinajstić information content (AvgIpc) is 3.32. The molecule has 0 bridgehead atoms. The molecule has 1 amide bonds. The SMILES string of the molecule is O=C(CCSc1ccccc1)NCc1ccc(C(O)c2ccco2)s1. The van der Waals surface area contributed by atoms with Crippen LogP contribution < -0.4 is 5.32 Å². The lowest BCUT2D eigenvalue weighted by Crippen LogP contribution is -2.22. The van der Waals surface area contributed by atoms with Gasteiger partial charge in [-0.1, -0.05) is 18.2 Å². The standard InChI is InChI=1S/C19H19NO3S2/c21-18(10-12-24-14-5-2-1-3-6-14)20-13-15-8-9-17(25-15)19(22)16-7-4-11-23-16/h1-9,11,19,22H,10,12-13H2,(H,20,21). The van der Waals surface area contributed by atoms with E-state index < -0.39 is 6.10 Å². The van der Waals surface area contributed by atoms with Crippen molar-refractivity contribution >= 4 is 29.0 Å². The van der Waals surface area contributed by atoms with Crippen LogP contribution >= 0.6 is 23.1 Å². The number of rotatable bonds is 8.